The molecule has 2 amide bonds. The van der Waals surface area contributed by atoms with Crippen molar-refractivity contribution in [1.29, 1.82) is 0 Å². The van der Waals surface area contributed by atoms with E-state index in [0.29, 0.717) is 22.9 Å². The number of amides is 2. The van der Waals surface area contributed by atoms with E-state index in [2.05, 4.69) is 22.8 Å². The highest BCUT2D eigenvalue weighted by atomic mass is 32.2. The lowest BCUT2D eigenvalue weighted by atomic mass is 9.83. The van der Waals surface area contributed by atoms with Gasteiger partial charge in [-0.05, 0) is 66.1 Å². The Kier molecular flexibility index (Phi) is 9.76. The maximum atomic E-state index is 13.5. The highest BCUT2D eigenvalue weighted by molar-refractivity contribution is 7.92. The minimum atomic E-state index is -3.37. The zero-order chi connectivity index (χ0) is 28.7. The molecule has 1 aromatic heterocycles. The van der Waals surface area contributed by atoms with Crippen LogP contribution < -0.4 is 10.6 Å². The number of hydrogen-bond donors (Lipinski definition) is 3. The van der Waals surface area contributed by atoms with Crippen molar-refractivity contribution in [3.63, 3.8) is 0 Å². The number of nitrogens with one attached hydrogen (secondary N) is 2. The van der Waals surface area contributed by atoms with E-state index in [0.717, 1.165) is 28.7 Å². The van der Waals surface area contributed by atoms with Crippen LogP contribution in [0.5, 0.6) is 0 Å². The second kappa shape index (κ2) is 13.2. The zero-order valence-corrected chi connectivity index (χ0v) is 24.0. The Hall–Kier alpha value is -3.50. The van der Waals surface area contributed by atoms with Crippen molar-refractivity contribution in [3.8, 4) is 0 Å². The first-order valence-electron chi connectivity index (χ1n) is 13.4. The molecule has 1 unspecified atom stereocenters. The molecule has 1 aliphatic rings. The van der Waals surface area contributed by atoms with Crippen LogP contribution in [0.2, 0.25) is 0 Å². The predicted octanol–water partition coefficient (Wildman–Crippen LogP) is 5.37. The first kappa shape index (κ1) is 29.5. The van der Waals surface area contributed by atoms with Crippen molar-refractivity contribution in [2.45, 2.75) is 61.0 Å². The van der Waals surface area contributed by atoms with E-state index in [1.807, 2.05) is 12.1 Å². The fraction of sp³-hybridized carbons (Fsp3) is 0.367. The van der Waals surface area contributed by atoms with Gasteiger partial charge >= 0.3 is 5.97 Å². The van der Waals surface area contributed by atoms with Gasteiger partial charge in [0, 0.05) is 18.4 Å². The topological polar surface area (TPSA) is 130 Å². The first-order valence-corrected chi connectivity index (χ1v) is 16.1. The Labute approximate surface area is 238 Å². The normalized spacial score (nSPS) is 14.8. The van der Waals surface area contributed by atoms with Crippen molar-refractivity contribution >= 4 is 44.0 Å². The van der Waals surface area contributed by atoms with Gasteiger partial charge in [-0.15, -0.1) is 11.3 Å². The molecule has 8 nitrogen and oxygen atoms in total. The summed E-state index contributed by atoms with van der Waals surface area (Å²) in [5, 5.41) is 14.7. The SMILES string of the molecule is CS(=O)(=O)c1ccc(NC(=O)C(Cc2ccc(C(=O)NCCC(=O)O)cc2)c2ccc(C3CCCCC3)cc2)s1. The van der Waals surface area contributed by atoms with Crippen LogP contribution in [0.3, 0.4) is 0 Å². The van der Waals surface area contributed by atoms with Crippen molar-refractivity contribution in [3.05, 3.63) is 82.9 Å². The Morgan fingerprint density at radius 3 is 2.23 bits per heavy atom. The number of rotatable bonds is 11. The van der Waals surface area contributed by atoms with Crippen LogP contribution in [0.15, 0.2) is 64.9 Å². The Morgan fingerprint density at radius 1 is 0.950 bits per heavy atom. The Morgan fingerprint density at radius 2 is 1.62 bits per heavy atom. The number of carboxylic acids is 1. The summed E-state index contributed by atoms with van der Waals surface area (Å²) in [4.78, 5) is 36.5. The molecule has 3 aromatic rings. The van der Waals surface area contributed by atoms with Gasteiger partial charge in [-0.25, -0.2) is 8.42 Å². The van der Waals surface area contributed by atoms with Crippen LogP contribution in [-0.4, -0.2) is 44.1 Å². The number of thiophene rings is 1. The van der Waals surface area contributed by atoms with E-state index in [-0.39, 0.29) is 29.0 Å². The van der Waals surface area contributed by atoms with Crippen LogP contribution in [0.1, 0.15) is 77.4 Å². The molecule has 1 atom stereocenters. The average Bonchev–Trinajstić information content (AvgIpc) is 3.41. The van der Waals surface area contributed by atoms with E-state index in [1.165, 1.54) is 43.7 Å². The van der Waals surface area contributed by atoms with Gasteiger partial charge in [-0.3, -0.25) is 14.4 Å². The summed E-state index contributed by atoms with van der Waals surface area (Å²) in [5.41, 5.74) is 3.39. The van der Waals surface area contributed by atoms with Crippen LogP contribution in [-0.2, 0) is 25.8 Å². The molecule has 4 rings (SSSR count). The maximum Gasteiger partial charge on any atom is 0.305 e. The second-order valence-corrected chi connectivity index (χ2v) is 13.6. The second-order valence-electron chi connectivity index (χ2n) is 10.2. The van der Waals surface area contributed by atoms with Gasteiger partial charge < -0.3 is 15.7 Å². The Balaban J connectivity index is 1.52. The molecule has 0 radical (unpaired) electrons. The highest BCUT2D eigenvalue weighted by Crippen LogP contribution is 2.34. The molecule has 2 aromatic carbocycles. The molecule has 0 spiro atoms. The minimum Gasteiger partial charge on any atom is -0.481 e. The summed E-state index contributed by atoms with van der Waals surface area (Å²) in [5.74, 6) is -1.59. The van der Waals surface area contributed by atoms with Crippen molar-refractivity contribution in [2.24, 2.45) is 0 Å². The lowest BCUT2D eigenvalue weighted by molar-refractivity contribution is -0.136. The van der Waals surface area contributed by atoms with Gasteiger partial charge in [-0.2, -0.15) is 0 Å². The summed E-state index contributed by atoms with van der Waals surface area (Å²) in [6.45, 7) is 0.0405. The van der Waals surface area contributed by atoms with Crippen LogP contribution in [0.25, 0.3) is 0 Å². The fourth-order valence-electron chi connectivity index (χ4n) is 5.01. The summed E-state index contributed by atoms with van der Waals surface area (Å²) in [6.07, 6.45) is 7.47. The van der Waals surface area contributed by atoms with Gasteiger partial charge in [0.25, 0.3) is 5.91 Å². The smallest absolute Gasteiger partial charge is 0.305 e. The van der Waals surface area contributed by atoms with E-state index in [1.54, 1.807) is 30.3 Å². The maximum absolute atomic E-state index is 13.5. The van der Waals surface area contributed by atoms with Gasteiger partial charge in [0.15, 0.2) is 9.84 Å². The van der Waals surface area contributed by atoms with E-state index in [9.17, 15) is 22.8 Å². The quantitative estimate of drug-likeness (QED) is 0.279. The molecule has 1 fully saturated rings. The molecular formula is C30H34N2O6S2. The molecule has 0 bridgehead atoms. The Bertz CT molecular complexity index is 1440. The third-order valence-electron chi connectivity index (χ3n) is 7.21. The number of carbonyl (C=O) groups is 3. The van der Waals surface area contributed by atoms with Gasteiger partial charge in [0.05, 0.1) is 17.3 Å². The number of anilines is 1. The molecule has 1 saturated carbocycles. The lowest BCUT2D eigenvalue weighted by Crippen LogP contribution is -2.26. The van der Waals surface area contributed by atoms with Gasteiger partial charge in [-0.1, -0.05) is 55.7 Å². The molecule has 3 N–H and O–H groups in total. The van der Waals surface area contributed by atoms with Crippen molar-refractivity contribution < 1.29 is 27.9 Å². The van der Waals surface area contributed by atoms with Crippen LogP contribution in [0, 0.1) is 0 Å². The average molecular weight is 583 g/mol. The van der Waals surface area contributed by atoms with Gasteiger partial charge in [0.1, 0.15) is 4.21 Å². The third-order valence-corrected chi connectivity index (χ3v) is 10.0. The summed E-state index contributed by atoms with van der Waals surface area (Å²) in [6, 6.07) is 18.2. The fourth-order valence-corrected chi connectivity index (χ4v) is 6.84. The molecule has 10 heteroatoms. The van der Waals surface area contributed by atoms with Crippen molar-refractivity contribution in [2.75, 3.05) is 18.1 Å². The van der Waals surface area contributed by atoms with Crippen LogP contribution >= 0.6 is 11.3 Å². The third kappa shape index (κ3) is 8.02. The number of sulfone groups is 1. The highest BCUT2D eigenvalue weighted by Gasteiger charge is 2.24. The monoisotopic (exact) mass is 582 g/mol. The standard InChI is InChI=1S/C30H34N2O6S2/c1-40(37,38)28-16-15-26(39-28)32-30(36)25(23-13-11-22(12-14-23)21-5-3-2-4-6-21)19-20-7-9-24(10-8-20)29(35)31-18-17-27(33)34/h7-16,21,25H,2-6,17-19H2,1H3,(H,31,35)(H,32,36)(H,33,34). The first-order chi connectivity index (χ1) is 19.1. The number of benzene rings is 2. The van der Waals surface area contributed by atoms with E-state index in [4.69, 9.17) is 5.11 Å². The van der Waals surface area contributed by atoms with Crippen molar-refractivity contribution in [1.82, 2.24) is 5.32 Å². The summed E-state index contributed by atoms with van der Waals surface area (Å²) < 4.78 is 24.0. The zero-order valence-electron chi connectivity index (χ0n) is 22.4. The molecule has 0 aliphatic heterocycles. The molecule has 212 valence electrons. The molecule has 40 heavy (non-hydrogen) atoms. The number of carbonyl (C=O) groups excluding carboxylic acids is 2. The van der Waals surface area contributed by atoms with Crippen LogP contribution in [0.4, 0.5) is 5.00 Å². The number of hydrogen-bond acceptors (Lipinski definition) is 6. The molecule has 0 saturated heterocycles. The minimum absolute atomic E-state index is 0.0405. The van der Waals surface area contributed by atoms with Gasteiger partial charge in [0.2, 0.25) is 5.91 Å². The number of aliphatic carboxylic acids is 1. The van der Waals surface area contributed by atoms with E-state index < -0.39 is 21.7 Å². The molecule has 1 heterocycles. The summed E-state index contributed by atoms with van der Waals surface area (Å²) >= 11 is 1.02. The predicted molar refractivity (Wildman–Crippen MR) is 156 cm³/mol. The lowest BCUT2D eigenvalue weighted by Gasteiger charge is -2.23. The number of carboxylic acid groups (broad SMARTS) is 1. The molecule has 1 aliphatic carbocycles. The largest absolute Gasteiger partial charge is 0.481 e. The summed E-state index contributed by atoms with van der Waals surface area (Å²) in [7, 11) is -3.37. The van der Waals surface area contributed by atoms with E-state index >= 15 is 0 Å². The molecular weight excluding hydrogens is 548 g/mol.